The van der Waals surface area contributed by atoms with Gasteiger partial charge in [-0.3, -0.25) is 9.59 Å². The number of benzene rings is 2. The summed E-state index contributed by atoms with van der Waals surface area (Å²) in [5.41, 5.74) is 2.47. The summed E-state index contributed by atoms with van der Waals surface area (Å²) in [6.45, 7) is 7.35. The molecule has 2 heterocycles. The minimum absolute atomic E-state index is 0.0108. The van der Waals surface area contributed by atoms with Gasteiger partial charge in [0.2, 0.25) is 0 Å². The van der Waals surface area contributed by atoms with Crippen LogP contribution >= 0.6 is 0 Å². The van der Waals surface area contributed by atoms with E-state index in [0.29, 0.717) is 37.7 Å². The number of amides is 2. The van der Waals surface area contributed by atoms with Crippen molar-refractivity contribution in [1.29, 1.82) is 0 Å². The fraction of sp³-hybridized carbons (Fsp3) is 0.360. The zero-order valence-electron chi connectivity index (χ0n) is 18.4. The molecule has 0 N–H and O–H groups in total. The van der Waals surface area contributed by atoms with Crippen LogP contribution in [0, 0.1) is 5.92 Å². The minimum atomic E-state index is -0.0108. The van der Waals surface area contributed by atoms with E-state index in [2.05, 4.69) is 24.5 Å². The Morgan fingerprint density at radius 2 is 1.52 bits per heavy atom. The number of fused-ring (bicyclic) bond motifs is 1. The molecule has 1 aromatic heterocycles. The number of methoxy groups -OCH3 is 1. The van der Waals surface area contributed by atoms with Gasteiger partial charge in [0.1, 0.15) is 5.75 Å². The number of para-hydroxylation sites is 1. The maximum Gasteiger partial charge on any atom is 0.256 e. The maximum atomic E-state index is 13.3. The lowest BCUT2D eigenvalue weighted by Gasteiger charge is -2.34. The van der Waals surface area contributed by atoms with E-state index in [9.17, 15) is 9.59 Å². The third kappa shape index (κ3) is 4.29. The Balaban J connectivity index is 1.46. The zero-order chi connectivity index (χ0) is 22.0. The Hall–Kier alpha value is -3.28. The van der Waals surface area contributed by atoms with Gasteiger partial charge >= 0.3 is 0 Å². The Bertz CT molecular complexity index is 1080. The molecule has 31 heavy (non-hydrogen) atoms. The summed E-state index contributed by atoms with van der Waals surface area (Å²) in [6, 6.07) is 15.2. The fourth-order valence-electron chi connectivity index (χ4n) is 4.16. The summed E-state index contributed by atoms with van der Waals surface area (Å²) in [7, 11) is 1.60. The number of carbonyl (C=O) groups excluding carboxylic acids is 2. The molecular formula is C25H29N3O3. The number of hydrogen-bond donors (Lipinski definition) is 0. The zero-order valence-corrected chi connectivity index (χ0v) is 18.4. The van der Waals surface area contributed by atoms with E-state index in [-0.39, 0.29) is 11.8 Å². The van der Waals surface area contributed by atoms with Gasteiger partial charge in [-0.15, -0.1) is 0 Å². The monoisotopic (exact) mass is 419 g/mol. The van der Waals surface area contributed by atoms with Crippen molar-refractivity contribution < 1.29 is 14.3 Å². The largest absolute Gasteiger partial charge is 0.497 e. The number of aromatic nitrogens is 1. The second-order valence-electron chi connectivity index (χ2n) is 8.42. The van der Waals surface area contributed by atoms with Crippen LogP contribution in [0.25, 0.3) is 10.9 Å². The lowest BCUT2D eigenvalue weighted by Crippen LogP contribution is -2.50. The summed E-state index contributed by atoms with van der Waals surface area (Å²) in [6.07, 6.45) is 1.99. The molecule has 0 aliphatic carbocycles. The van der Waals surface area contributed by atoms with E-state index in [4.69, 9.17) is 4.74 Å². The molecule has 1 fully saturated rings. The molecule has 0 bridgehead atoms. The summed E-state index contributed by atoms with van der Waals surface area (Å²) in [5, 5.41) is 0.991. The first-order chi connectivity index (χ1) is 15.0. The summed E-state index contributed by atoms with van der Waals surface area (Å²) in [4.78, 5) is 29.8. The fourth-order valence-corrected chi connectivity index (χ4v) is 4.16. The van der Waals surface area contributed by atoms with Crippen LogP contribution in [-0.4, -0.2) is 59.5 Å². The molecule has 4 rings (SSSR count). The average molecular weight is 420 g/mol. The lowest BCUT2D eigenvalue weighted by atomic mass is 10.1. The smallest absolute Gasteiger partial charge is 0.256 e. The molecule has 0 atom stereocenters. The number of hydrogen-bond acceptors (Lipinski definition) is 3. The highest BCUT2D eigenvalue weighted by Gasteiger charge is 2.27. The minimum Gasteiger partial charge on any atom is -0.497 e. The molecule has 6 heteroatoms. The van der Waals surface area contributed by atoms with Crippen LogP contribution in [0.1, 0.15) is 34.6 Å². The first-order valence-electron chi connectivity index (χ1n) is 10.8. The number of nitrogens with zero attached hydrogens (tertiary/aromatic N) is 3. The highest BCUT2D eigenvalue weighted by Crippen LogP contribution is 2.24. The van der Waals surface area contributed by atoms with E-state index in [1.54, 1.807) is 31.4 Å². The highest BCUT2D eigenvalue weighted by atomic mass is 16.5. The van der Waals surface area contributed by atoms with E-state index < -0.39 is 0 Å². The SMILES string of the molecule is COc1ccc(C(=O)N2CCN(C(=O)c3cn(CC(C)C)c4ccccc34)CC2)cc1. The van der Waals surface area contributed by atoms with Gasteiger partial charge in [0.25, 0.3) is 11.8 Å². The second kappa shape index (κ2) is 8.84. The van der Waals surface area contributed by atoms with Crippen molar-refractivity contribution in [2.45, 2.75) is 20.4 Å². The molecule has 1 aliphatic heterocycles. The third-order valence-corrected chi connectivity index (χ3v) is 5.77. The standard InChI is InChI=1S/C25H29N3O3/c1-18(2)16-28-17-22(21-6-4-5-7-23(21)28)25(30)27-14-12-26(13-15-27)24(29)19-8-10-20(31-3)11-9-19/h4-11,17-18H,12-16H2,1-3H3. The van der Waals surface area contributed by atoms with Crippen LogP contribution in [0.2, 0.25) is 0 Å². The van der Waals surface area contributed by atoms with Crippen molar-refractivity contribution >= 4 is 22.7 Å². The molecule has 1 saturated heterocycles. The Kier molecular flexibility index (Phi) is 5.98. The van der Waals surface area contributed by atoms with E-state index in [1.807, 2.05) is 34.2 Å². The van der Waals surface area contributed by atoms with Crippen LogP contribution < -0.4 is 4.74 Å². The Labute approximate surface area is 183 Å². The molecule has 2 aromatic carbocycles. The third-order valence-electron chi connectivity index (χ3n) is 5.77. The van der Waals surface area contributed by atoms with Gasteiger partial charge < -0.3 is 19.1 Å². The molecule has 0 spiro atoms. The molecule has 0 radical (unpaired) electrons. The molecule has 6 nitrogen and oxygen atoms in total. The van der Waals surface area contributed by atoms with Crippen molar-refractivity contribution in [3.05, 3.63) is 65.9 Å². The van der Waals surface area contributed by atoms with Gasteiger partial charge in [-0.25, -0.2) is 0 Å². The van der Waals surface area contributed by atoms with E-state index in [0.717, 1.165) is 28.8 Å². The molecule has 3 aromatic rings. The predicted octanol–water partition coefficient (Wildman–Crippen LogP) is 3.90. The van der Waals surface area contributed by atoms with Crippen LogP contribution in [0.3, 0.4) is 0 Å². The molecule has 1 aliphatic rings. The van der Waals surface area contributed by atoms with Gasteiger partial charge in [0.05, 0.1) is 12.7 Å². The molecular weight excluding hydrogens is 390 g/mol. The Morgan fingerprint density at radius 3 is 2.13 bits per heavy atom. The van der Waals surface area contributed by atoms with Crippen molar-refractivity contribution in [1.82, 2.24) is 14.4 Å². The molecule has 162 valence electrons. The van der Waals surface area contributed by atoms with E-state index >= 15 is 0 Å². The Morgan fingerprint density at radius 1 is 0.903 bits per heavy atom. The van der Waals surface area contributed by atoms with Crippen molar-refractivity contribution in [3.63, 3.8) is 0 Å². The quantitative estimate of drug-likeness (QED) is 0.630. The summed E-state index contributed by atoms with van der Waals surface area (Å²) in [5.74, 6) is 1.24. The first kappa shape index (κ1) is 21.0. The van der Waals surface area contributed by atoms with Crippen LogP contribution in [0.4, 0.5) is 0 Å². The normalized spacial score (nSPS) is 14.3. The van der Waals surface area contributed by atoms with Crippen molar-refractivity contribution in [3.8, 4) is 5.75 Å². The van der Waals surface area contributed by atoms with Crippen LogP contribution in [0.15, 0.2) is 54.7 Å². The highest BCUT2D eigenvalue weighted by molar-refractivity contribution is 6.07. The number of ether oxygens (including phenoxy) is 1. The number of carbonyl (C=O) groups is 2. The lowest BCUT2D eigenvalue weighted by molar-refractivity contribution is 0.0536. The number of piperazine rings is 1. The van der Waals surface area contributed by atoms with Gasteiger partial charge in [-0.2, -0.15) is 0 Å². The average Bonchev–Trinajstić information content (AvgIpc) is 3.16. The van der Waals surface area contributed by atoms with Crippen LogP contribution in [0.5, 0.6) is 5.75 Å². The topological polar surface area (TPSA) is 54.8 Å². The molecule has 0 saturated carbocycles. The summed E-state index contributed by atoms with van der Waals surface area (Å²) < 4.78 is 7.34. The number of rotatable bonds is 5. The van der Waals surface area contributed by atoms with Gasteiger partial charge in [0, 0.05) is 55.4 Å². The molecule has 0 unspecified atom stereocenters. The van der Waals surface area contributed by atoms with Crippen molar-refractivity contribution in [2.75, 3.05) is 33.3 Å². The van der Waals surface area contributed by atoms with Gasteiger partial charge in [-0.05, 0) is 36.2 Å². The van der Waals surface area contributed by atoms with E-state index in [1.165, 1.54) is 0 Å². The van der Waals surface area contributed by atoms with Gasteiger partial charge in [0.15, 0.2) is 0 Å². The van der Waals surface area contributed by atoms with Crippen LogP contribution in [-0.2, 0) is 6.54 Å². The second-order valence-corrected chi connectivity index (χ2v) is 8.42. The van der Waals surface area contributed by atoms with Crippen molar-refractivity contribution in [2.24, 2.45) is 5.92 Å². The first-order valence-corrected chi connectivity index (χ1v) is 10.8. The maximum absolute atomic E-state index is 13.3. The predicted molar refractivity (Wildman–Crippen MR) is 122 cm³/mol. The van der Waals surface area contributed by atoms with Gasteiger partial charge in [-0.1, -0.05) is 32.0 Å². The summed E-state index contributed by atoms with van der Waals surface area (Å²) >= 11 is 0. The molecule has 2 amide bonds.